The van der Waals surface area contributed by atoms with Crippen LogP contribution in [0.4, 0.5) is 0 Å². The maximum Gasteiger partial charge on any atom is 0.253 e. The van der Waals surface area contributed by atoms with Crippen LogP contribution in [0.2, 0.25) is 0 Å². The van der Waals surface area contributed by atoms with Crippen LogP contribution in [0.15, 0.2) is 30.5 Å². The van der Waals surface area contributed by atoms with Gasteiger partial charge in [0.2, 0.25) is 0 Å². The first kappa shape index (κ1) is 13.2. The van der Waals surface area contributed by atoms with Crippen LogP contribution in [0.5, 0.6) is 0 Å². The summed E-state index contributed by atoms with van der Waals surface area (Å²) in [5, 5.41) is 10.8. The molecule has 0 saturated carbocycles. The summed E-state index contributed by atoms with van der Waals surface area (Å²) in [6, 6.07) is 7.75. The van der Waals surface area contributed by atoms with E-state index in [0.29, 0.717) is 12.1 Å². The van der Waals surface area contributed by atoms with Crippen LogP contribution >= 0.6 is 0 Å². The van der Waals surface area contributed by atoms with Crippen molar-refractivity contribution in [1.29, 1.82) is 0 Å². The Kier molecular flexibility index (Phi) is 3.49. The van der Waals surface area contributed by atoms with E-state index in [1.165, 1.54) is 0 Å². The molecule has 4 heteroatoms. The van der Waals surface area contributed by atoms with Crippen LogP contribution in [0.1, 0.15) is 30.1 Å². The number of fused-ring (bicyclic) bond motifs is 1. The zero-order chi connectivity index (χ0) is 14.1. The van der Waals surface area contributed by atoms with Crippen molar-refractivity contribution in [1.82, 2.24) is 9.88 Å². The number of amides is 1. The lowest BCUT2D eigenvalue weighted by molar-refractivity contribution is 0.0466. The fourth-order valence-corrected chi connectivity index (χ4v) is 2.95. The van der Waals surface area contributed by atoms with Crippen LogP contribution in [0, 0.1) is 5.92 Å². The minimum Gasteiger partial charge on any atom is -0.393 e. The Labute approximate surface area is 118 Å². The van der Waals surface area contributed by atoms with Crippen molar-refractivity contribution in [2.75, 3.05) is 13.1 Å². The molecule has 1 fully saturated rings. The van der Waals surface area contributed by atoms with E-state index >= 15 is 0 Å². The molecule has 1 aliphatic heterocycles. The van der Waals surface area contributed by atoms with Crippen molar-refractivity contribution in [3.8, 4) is 0 Å². The number of H-pyrrole nitrogens is 1. The highest BCUT2D eigenvalue weighted by Gasteiger charge is 2.27. The molecule has 2 atom stereocenters. The third kappa shape index (κ3) is 2.43. The molecule has 0 bridgehead atoms. The zero-order valence-electron chi connectivity index (χ0n) is 11.7. The van der Waals surface area contributed by atoms with E-state index in [1.807, 2.05) is 42.3 Å². The van der Waals surface area contributed by atoms with Gasteiger partial charge in [-0.2, -0.15) is 0 Å². The Bertz CT molecular complexity index is 618. The standard InChI is InChI=1S/C16H20N2O2/c1-11(19)14-3-2-8-18(10-14)16(20)13-5-4-12-6-7-17-15(12)9-13/h4-7,9,11,14,17,19H,2-3,8,10H2,1H3. The van der Waals surface area contributed by atoms with E-state index in [1.54, 1.807) is 0 Å². The number of aromatic nitrogens is 1. The Morgan fingerprint density at radius 1 is 1.45 bits per heavy atom. The van der Waals surface area contributed by atoms with E-state index in [4.69, 9.17) is 0 Å². The van der Waals surface area contributed by atoms with Gasteiger partial charge in [0.25, 0.3) is 5.91 Å². The first-order valence-electron chi connectivity index (χ1n) is 7.19. The van der Waals surface area contributed by atoms with Crippen molar-refractivity contribution in [3.05, 3.63) is 36.0 Å². The maximum atomic E-state index is 12.6. The molecule has 4 nitrogen and oxygen atoms in total. The Morgan fingerprint density at radius 2 is 2.30 bits per heavy atom. The van der Waals surface area contributed by atoms with Gasteiger partial charge < -0.3 is 15.0 Å². The third-order valence-electron chi connectivity index (χ3n) is 4.23. The number of carbonyl (C=O) groups excluding carboxylic acids is 1. The quantitative estimate of drug-likeness (QED) is 0.882. The molecule has 1 aliphatic rings. The number of benzene rings is 1. The number of rotatable bonds is 2. The molecular weight excluding hydrogens is 252 g/mol. The number of aliphatic hydroxyl groups excluding tert-OH is 1. The number of nitrogens with one attached hydrogen (secondary N) is 1. The lowest BCUT2D eigenvalue weighted by Crippen LogP contribution is -2.42. The average molecular weight is 272 g/mol. The molecule has 1 aromatic carbocycles. The van der Waals surface area contributed by atoms with Crippen LogP contribution < -0.4 is 0 Å². The second-order valence-electron chi connectivity index (χ2n) is 5.67. The smallest absolute Gasteiger partial charge is 0.253 e. The van der Waals surface area contributed by atoms with Gasteiger partial charge >= 0.3 is 0 Å². The number of hydrogen-bond donors (Lipinski definition) is 2. The third-order valence-corrected chi connectivity index (χ3v) is 4.23. The molecule has 1 saturated heterocycles. The predicted molar refractivity (Wildman–Crippen MR) is 78.6 cm³/mol. The first-order valence-corrected chi connectivity index (χ1v) is 7.19. The van der Waals surface area contributed by atoms with Gasteiger partial charge in [0.1, 0.15) is 0 Å². The number of likely N-dealkylation sites (tertiary alicyclic amines) is 1. The normalized spacial score (nSPS) is 21.1. The summed E-state index contributed by atoms with van der Waals surface area (Å²) in [4.78, 5) is 17.6. The van der Waals surface area contributed by atoms with Gasteiger partial charge in [-0.25, -0.2) is 0 Å². The van der Waals surface area contributed by atoms with E-state index < -0.39 is 0 Å². The van der Waals surface area contributed by atoms with E-state index in [2.05, 4.69) is 4.98 Å². The topological polar surface area (TPSA) is 56.3 Å². The number of nitrogens with zero attached hydrogens (tertiary/aromatic N) is 1. The molecule has 2 heterocycles. The van der Waals surface area contributed by atoms with E-state index in [-0.39, 0.29) is 17.9 Å². The molecule has 20 heavy (non-hydrogen) atoms. The van der Waals surface area contributed by atoms with Gasteiger partial charge in [-0.05, 0) is 43.4 Å². The average Bonchev–Trinajstić information content (AvgIpc) is 2.94. The number of aromatic amines is 1. The Morgan fingerprint density at radius 3 is 3.10 bits per heavy atom. The predicted octanol–water partition coefficient (Wildman–Crippen LogP) is 2.40. The minimum atomic E-state index is -0.350. The van der Waals surface area contributed by atoms with E-state index in [0.717, 1.165) is 30.3 Å². The molecule has 2 unspecified atom stereocenters. The lowest BCUT2D eigenvalue weighted by Gasteiger charge is -2.34. The molecule has 1 amide bonds. The molecule has 2 N–H and O–H groups in total. The van der Waals surface area contributed by atoms with E-state index in [9.17, 15) is 9.90 Å². The van der Waals surface area contributed by atoms with Crippen LogP contribution in [0.25, 0.3) is 10.9 Å². The Hall–Kier alpha value is -1.81. The fourth-order valence-electron chi connectivity index (χ4n) is 2.95. The maximum absolute atomic E-state index is 12.6. The van der Waals surface area contributed by atoms with Crippen molar-refractivity contribution < 1.29 is 9.90 Å². The van der Waals surface area contributed by atoms with Crippen LogP contribution in [0.3, 0.4) is 0 Å². The summed E-state index contributed by atoms with van der Waals surface area (Å²) in [6.45, 7) is 3.24. The molecule has 3 rings (SSSR count). The number of hydrogen-bond acceptors (Lipinski definition) is 2. The summed E-state index contributed by atoms with van der Waals surface area (Å²) in [6.07, 6.45) is 3.49. The molecule has 0 aliphatic carbocycles. The van der Waals surface area contributed by atoms with Gasteiger partial charge in [0.05, 0.1) is 6.10 Å². The highest BCUT2D eigenvalue weighted by Crippen LogP contribution is 2.22. The van der Waals surface area contributed by atoms with Crippen molar-refractivity contribution in [2.24, 2.45) is 5.92 Å². The van der Waals surface area contributed by atoms with Gasteiger partial charge in [-0.3, -0.25) is 4.79 Å². The number of carbonyl (C=O) groups is 1. The highest BCUT2D eigenvalue weighted by molar-refractivity contribution is 5.98. The second kappa shape index (κ2) is 5.29. The first-order chi connectivity index (χ1) is 9.65. The number of aliphatic hydroxyl groups is 1. The van der Waals surface area contributed by atoms with Crippen molar-refractivity contribution in [2.45, 2.75) is 25.9 Å². The number of piperidine rings is 1. The van der Waals surface area contributed by atoms with Gasteiger partial charge in [0.15, 0.2) is 0 Å². The van der Waals surface area contributed by atoms with Gasteiger partial charge in [-0.1, -0.05) is 6.07 Å². The molecular formula is C16H20N2O2. The minimum absolute atomic E-state index is 0.0619. The van der Waals surface area contributed by atoms with Gasteiger partial charge in [-0.15, -0.1) is 0 Å². The monoisotopic (exact) mass is 272 g/mol. The van der Waals surface area contributed by atoms with Gasteiger partial charge in [0, 0.05) is 36.3 Å². The van der Waals surface area contributed by atoms with Crippen molar-refractivity contribution >= 4 is 16.8 Å². The summed E-state index contributed by atoms with van der Waals surface area (Å²) < 4.78 is 0. The fraction of sp³-hybridized carbons (Fsp3) is 0.438. The molecule has 0 spiro atoms. The Balaban J connectivity index is 1.80. The van der Waals surface area contributed by atoms with Crippen LogP contribution in [-0.2, 0) is 0 Å². The largest absolute Gasteiger partial charge is 0.393 e. The summed E-state index contributed by atoms with van der Waals surface area (Å²) in [5.41, 5.74) is 1.70. The highest BCUT2D eigenvalue weighted by atomic mass is 16.3. The molecule has 106 valence electrons. The molecule has 1 aromatic heterocycles. The summed E-state index contributed by atoms with van der Waals surface area (Å²) >= 11 is 0. The zero-order valence-corrected chi connectivity index (χ0v) is 11.7. The molecule has 2 aromatic rings. The van der Waals surface area contributed by atoms with Crippen LogP contribution in [-0.4, -0.2) is 40.1 Å². The van der Waals surface area contributed by atoms with Crippen molar-refractivity contribution in [3.63, 3.8) is 0 Å². The summed E-state index contributed by atoms with van der Waals surface area (Å²) in [7, 11) is 0. The SMILES string of the molecule is CC(O)C1CCCN(C(=O)c2ccc3cc[nH]c3c2)C1. The lowest BCUT2D eigenvalue weighted by atomic mass is 9.93. The second-order valence-corrected chi connectivity index (χ2v) is 5.67. The summed E-state index contributed by atoms with van der Waals surface area (Å²) in [5.74, 6) is 0.258. The molecule has 0 radical (unpaired) electrons.